The maximum Gasteiger partial charge on any atom is 0.472 e. The minimum absolute atomic E-state index is 0.0119. The zero-order valence-corrected chi connectivity index (χ0v) is 20.5. The molecule has 0 aromatic carbocycles. The number of phosphoric ester groups is 1. The number of nitrogens with zero attached hydrogens (tertiary/aromatic N) is 5. The van der Waals surface area contributed by atoms with Gasteiger partial charge in [0.25, 0.3) is 5.56 Å². The Kier molecular flexibility index (Phi) is 7.05. The van der Waals surface area contributed by atoms with Crippen molar-refractivity contribution in [2.24, 2.45) is 0 Å². The molecule has 3 aromatic heterocycles. The first kappa shape index (κ1) is 26.4. The number of aliphatic hydroxyl groups excluding tert-OH is 2. The van der Waals surface area contributed by atoms with Crippen LogP contribution >= 0.6 is 7.82 Å². The van der Waals surface area contributed by atoms with Crippen LogP contribution in [0.1, 0.15) is 25.3 Å². The van der Waals surface area contributed by atoms with E-state index in [9.17, 15) is 29.3 Å². The van der Waals surface area contributed by atoms with Crippen molar-refractivity contribution in [3.63, 3.8) is 0 Å². The summed E-state index contributed by atoms with van der Waals surface area (Å²) in [5.41, 5.74) is 10.0. The quantitative estimate of drug-likeness (QED) is 0.163. The molecule has 3 aromatic rings. The first-order valence-electron chi connectivity index (χ1n) is 11.4. The van der Waals surface area contributed by atoms with Gasteiger partial charge in [-0.15, -0.1) is 0 Å². The lowest BCUT2D eigenvalue weighted by atomic mass is 10.2. The minimum Gasteiger partial charge on any atom is -0.394 e. The number of fused-ring (bicyclic) bond motifs is 1. The normalized spacial score (nSPS) is 29.1. The van der Waals surface area contributed by atoms with E-state index in [4.69, 9.17) is 30.0 Å². The van der Waals surface area contributed by atoms with Gasteiger partial charge in [-0.3, -0.25) is 28.0 Å². The van der Waals surface area contributed by atoms with Crippen LogP contribution in [0.3, 0.4) is 0 Å². The van der Waals surface area contributed by atoms with E-state index in [0.717, 1.165) is 4.57 Å². The van der Waals surface area contributed by atoms with Crippen LogP contribution in [-0.4, -0.2) is 81.8 Å². The largest absolute Gasteiger partial charge is 0.472 e. The van der Waals surface area contributed by atoms with Crippen molar-refractivity contribution in [1.82, 2.24) is 29.1 Å². The number of ether oxygens (including phenoxy) is 2. The van der Waals surface area contributed by atoms with Gasteiger partial charge in [-0.2, -0.15) is 9.97 Å². The Morgan fingerprint density at radius 1 is 1.16 bits per heavy atom. The Morgan fingerprint density at radius 3 is 2.63 bits per heavy atom. The molecule has 7 atom stereocenters. The van der Waals surface area contributed by atoms with Crippen LogP contribution in [0.25, 0.3) is 11.2 Å². The molecule has 0 amide bonds. The fourth-order valence-electron chi connectivity index (χ4n) is 4.35. The van der Waals surface area contributed by atoms with E-state index in [-0.39, 0.29) is 35.8 Å². The second kappa shape index (κ2) is 10.2. The summed E-state index contributed by atoms with van der Waals surface area (Å²) < 4.78 is 36.8. The average molecular weight is 556 g/mol. The summed E-state index contributed by atoms with van der Waals surface area (Å²) in [6.07, 6.45) is -3.42. The molecule has 2 saturated heterocycles. The van der Waals surface area contributed by atoms with Crippen molar-refractivity contribution in [3.05, 3.63) is 39.4 Å². The van der Waals surface area contributed by atoms with Gasteiger partial charge in [-0.1, -0.05) is 0 Å². The molecule has 5 rings (SSSR count). The van der Waals surface area contributed by atoms with Crippen LogP contribution in [0.4, 0.5) is 11.8 Å². The zero-order chi connectivity index (χ0) is 27.2. The summed E-state index contributed by atoms with van der Waals surface area (Å²) >= 11 is 0. The Morgan fingerprint density at radius 2 is 1.89 bits per heavy atom. The Labute approximate surface area is 212 Å². The standard InChI is InChI=1S/C19H25N8O10P/c20-12-1-2-26(19(31)23-12)14-4-9(10(5-28)35-14)37-38(32,33)34-6-11-8(29)3-13(36-11)27-7-22-15-16(27)24-18(21)25-17(15)30/h1-2,7-11,13-14,28-29H,3-6H2,(H,32,33)(H2,20,23,31)(H3,21,24,25,30)/t8-,9-,10-,11+,13+,14-/m0/s1. The van der Waals surface area contributed by atoms with Crippen LogP contribution in [0.2, 0.25) is 0 Å². The third-order valence-corrected chi connectivity index (χ3v) is 7.17. The number of nitrogens with two attached hydrogens (primary N) is 2. The number of hydrogen-bond acceptors (Lipinski definition) is 14. The Hall–Kier alpha value is -3.22. The highest BCUT2D eigenvalue weighted by molar-refractivity contribution is 7.47. The highest BCUT2D eigenvalue weighted by Crippen LogP contribution is 2.49. The summed E-state index contributed by atoms with van der Waals surface area (Å²) in [6, 6.07) is 1.38. The van der Waals surface area contributed by atoms with Gasteiger partial charge in [0.05, 0.1) is 25.6 Å². The lowest BCUT2D eigenvalue weighted by Gasteiger charge is -2.21. The number of nitrogens with one attached hydrogen (secondary N) is 1. The van der Waals surface area contributed by atoms with Gasteiger partial charge in [0.15, 0.2) is 11.2 Å². The number of aliphatic hydroxyl groups is 2. The van der Waals surface area contributed by atoms with Crippen LogP contribution in [0.15, 0.2) is 28.2 Å². The summed E-state index contributed by atoms with van der Waals surface area (Å²) in [5.74, 6) is -0.115. The first-order chi connectivity index (χ1) is 18.0. The summed E-state index contributed by atoms with van der Waals surface area (Å²) in [7, 11) is -4.74. The number of aromatic amines is 1. The molecule has 19 heteroatoms. The molecule has 0 bridgehead atoms. The monoisotopic (exact) mass is 556 g/mol. The molecule has 1 unspecified atom stereocenters. The molecule has 0 radical (unpaired) electrons. The molecule has 5 heterocycles. The SMILES string of the molecule is Nc1ccn([C@@H]2C[C@H](OP(=O)(O)OC[C@H]3O[C@@H](n4cnc5c(=O)[nH]c(N)nc54)C[C@@H]3O)[C@H](CO)O2)c(=O)n1. The summed E-state index contributed by atoms with van der Waals surface area (Å²) in [6.45, 7) is -1.10. The predicted molar refractivity (Wildman–Crippen MR) is 126 cm³/mol. The van der Waals surface area contributed by atoms with E-state index >= 15 is 0 Å². The van der Waals surface area contributed by atoms with E-state index in [1.165, 1.54) is 23.2 Å². The number of anilines is 2. The number of imidazole rings is 1. The molecule has 8 N–H and O–H groups in total. The van der Waals surface area contributed by atoms with E-state index in [1.807, 2.05) is 0 Å². The smallest absolute Gasteiger partial charge is 0.394 e. The topological polar surface area (TPSA) is 265 Å². The van der Waals surface area contributed by atoms with Crippen LogP contribution < -0.4 is 22.7 Å². The third kappa shape index (κ3) is 5.20. The van der Waals surface area contributed by atoms with E-state index < -0.39 is 69.2 Å². The predicted octanol–water partition coefficient (Wildman–Crippen LogP) is -2.03. The van der Waals surface area contributed by atoms with Gasteiger partial charge >= 0.3 is 13.5 Å². The molecule has 0 saturated carbocycles. The molecule has 2 aliphatic heterocycles. The van der Waals surface area contributed by atoms with E-state index in [2.05, 4.69) is 19.9 Å². The van der Waals surface area contributed by atoms with Gasteiger partial charge in [0.1, 0.15) is 36.6 Å². The molecule has 0 aliphatic carbocycles. The van der Waals surface area contributed by atoms with Crippen molar-refractivity contribution in [3.8, 4) is 0 Å². The van der Waals surface area contributed by atoms with E-state index in [0.29, 0.717) is 0 Å². The minimum atomic E-state index is -4.74. The van der Waals surface area contributed by atoms with Crippen molar-refractivity contribution in [2.75, 3.05) is 24.7 Å². The van der Waals surface area contributed by atoms with Crippen LogP contribution in [0.5, 0.6) is 0 Å². The van der Waals surface area contributed by atoms with Crippen LogP contribution in [-0.2, 0) is 23.1 Å². The number of phosphoric acid groups is 1. The van der Waals surface area contributed by atoms with Gasteiger partial charge in [-0.05, 0) is 6.07 Å². The number of H-pyrrole nitrogens is 1. The molecule has 18 nitrogen and oxygen atoms in total. The van der Waals surface area contributed by atoms with E-state index in [1.54, 1.807) is 0 Å². The molecule has 206 valence electrons. The average Bonchev–Trinajstić information content (AvgIpc) is 3.54. The Balaban J connectivity index is 1.22. The second-order valence-corrected chi connectivity index (χ2v) is 10.1. The van der Waals surface area contributed by atoms with Crippen molar-refractivity contribution in [2.45, 2.75) is 49.7 Å². The van der Waals surface area contributed by atoms with Crippen molar-refractivity contribution < 1.29 is 38.2 Å². The van der Waals surface area contributed by atoms with Crippen LogP contribution in [0, 0.1) is 0 Å². The van der Waals surface area contributed by atoms with Gasteiger partial charge < -0.3 is 36.0 Å². The highest BCUT2D eigenvalue weighted by atomic mass is 31.2. The fourth-order valence-corrected chi connectivity index (χ4v) is 5.31. The van der Waals surface area contributed by atoms with Gasteiger partial charge in [0, 0.05) is 19.0 Å². The lowest BCUT2D eigenvalue weighted by molar-refractivity contribution is -0.0564. The second-order valence-electron chi connectivity index (χ2n) is 8.71. The maximum atomic E-state index is 12.7. The first-order valence-corrected chi connectivity index (χ1v) is 12.9. The molecule has 2 fully saturated rings. The number of aromatic nitrogens is 6. The molecule has 0 spiro atoms. The molecule has 38 heavy (non-hydrogen) atoms. The van der Waals surface area contributed by atoms with Crippen molar-refractivity contribution >= 4 is 30.8 Å². The summed E-state index contributed by atoms with van der Waals surface area (Å²) in [5, 5.41) is 20.1. The lowest BCUT2D eigenvalue weighted by Crippen LogP contribution is -2.29. The number of rotatable bonds is 8. The molecular formula is C19H25N8O10P. The zero-order valence-electron chi connectivity index (χ0n) is 19.6. The fraction of sp³-hybridized carbons (Fsp3) is 0.526. The Bertz CT molecular complexity index is 1490. The number of nitrogen functional groups attached to an aromatic ring is 2. The third-order valence-electron chi connectivity index (χ3n) is 6.16. The maximum absolute atomic E-state index is 12.7. The molecule has 2 aliphatic rings. The molecular weight excluding hydrogens is 531 g/mol. The highest BCUT2D eigenvalue weighted by Gasteiger charge is 2.43. The van der Waals surface area contributed by atoms with Gasteiger partial charge in [-0.25, -0.2) is 14.3 Å². The summed E-state index contributed by atoms with van der Waals surface area (Å²) in [4.78, 5) is 48.4. The van der Waals surface area contributed by atoms with Crippen molar-refractivity contribution in [1.29, 1.82) is 0 Å². The number of hydrogen-bond donors (Lipinski definition) is 6. The van der Waals surface area contributed by atoms with Gasteiger partial charge in [0.2, 0.25) is 5.95 Å².